The Hall–Kier alpha value is -2.14. The lowest BCUT2D eigenvalue weighted by atomic mass is 9.99. The highest BCUT2D eigenvalue weighted by Gasteiger charge is 2.22. The SMILES string of the molecule is O=C(Nc1ccn(-c2ccccc2)n1)C1CCOCC1. The second kappa shape index (κ2) is 5.88. The molecule has 5 heteroatoms. The minimum absolute atomic E-state index is 0.0330. The first kappa shape index (κ1) is 12.9. The Bertz CT molecular complexity index is 574. The average Bonchev–Trinajstić information content (AvgIpc) is 2.97. The molecule has 104 valence electrons. The normalized spacial score (nSPS) is 16.0. The molecule has 1 aliphatic heterocycles. The first-order valence-electron chi connectivity index (χ1n) is 6.82. The smallest absolute Gasteiger partial charge is 0.228 e. The summed E-state index contributed by atoms with van der Waals surface area (Å²) in [5.74, 6) is 0.655. The van der Waals surface area contributed by atoms with E-state index in [0.29, 0.717) is 19.0 Å². The topological polar surface area (TPSA) is 56.2 Å². The molecule has 5 nitrogen and oxygen atoms in total. The second-order valence-corrected chi connectivity index (χ2v) is 4.86. The summed E-state index contributed by atoms with van der Waals surface area (Å²) in [7, 11) is 0. The molecular formula is C15H17N3O2. The van der Waals surface area contributed by atoms with Gasteiger partial charge in [0.25, 0.3) is 0 Å². The van der Waals surface area contributed by atoms with E-state index in [2.05, 4.69) is 10.4 Å². The number of ether oxygens (including phenoxy) is 1. The molecule has 0 radical (unpaired) electrons. The van der Waals surface area contributed by atoms with Gasteiger partial charge in [0.1, 0.15) is 0 Å². The zero-order valence-electron chi connectivity index (χ0n) is 11.2. The van der Waals surface area contributed by atoms with Gasteiger partial charge in [0.15, 0.2) is 5.82 Å². The van der Waals surface area contributed by atoms with Gasteiger partial charge < -0.3 is 10.1 Å². The molecule has 0 spiro atoms. The molecule has 0 bridgehead atoms. The fourth-order valence-corrected chi connectivity index (χ4v) is 2.30. The Kier molecular flexibility index (Phi) is 3.78. The van der Waals surface area contributed by atoms with Crippen molar-refractivity contribution < 1.29 is 9.53 Å². The number of carbonyl (C=O) groups excluding carboxylic acids is 1. The molecule has 1 aromatic heterocycles. The van der Waals surface area contributed by atoms with Crippen LogP contribution >= 0.6 is 0 Å². The third-order valence-corrected chi connectivity index (χ3v) is 3.45. The van der Waals surface area contributed by atoms with E-state index < -0.39 is 0 Å². The van der Waals surface area contributed by atoms with E-state index in [1.54, 1.807) is 4.68 Å². The van der Waals surface area contributed by atoms with Gasteiger partial charge in [-0.05, 0) is 25.0 Å². The number of hydrogen-bond donors (Lipinski definition) is 1. The van der Waals surface area contributed by atoms with Crippen molar-refractivity contribution in [2.24, 2.45) is 5.92 Å². The van der Waals surface area contributed by atoms with E-state index in [-0.39, 0.29) is 11.8 Å². The zero-order valence-corrected chi connectivity index (χ0v) is 11.2. The van der Waals surface area contributed by atoms with Crippen LogP contribution < -0.4 is 5.32 Å². The van der Waals surface area contributed by atoms with Crippen LogP contribution in [0.3, 0.4) is 0 Å². The molecule has 1 aliphatic rings. The number of amides is 1. The number of nitrogens with zero attached hydrogens (tertiary/aromatic N) is 2. The summed E-state index contributed by atoms with van der Waals surface area (Å²) in [5, 5.41) is 7.24. The summed E-state index contributed by atoms with van der Waals surface area (Å²) in [6.07, 6.45) is 3.41. The van der Waals surface area contributed by atoms with Crippen LogP contribution in [-0.2, 0) is 9.53 Å². The third kappa shape index (κ3) is 2.88. The summed E-state index contributed by atoms with van der Waals surface area (Å²) in [5.41, 5.74) is 0.971. The van der Waals surface area contributed by atoms with Crippen molar-refractivity contribution in [1.82, 2.24) is 9.78 Å². The van der Waals surface area contributed by atoms with Crippen molar-refractivity contribution in [3.05, 3.63) is 42.6 Å². The van der Waals surface area contributed by atoms with E-state index in [1.165, 1.54) is 0 Å². The first-order valence-corrected chi connectivity index (χ1v) is 6.82. The van der Waals surface area contributed by atoms with Gasteiger partial charge in [-0.1, -0.05) is 18.2 Å². The monoisotopic (exact) mass is 271 g/mol. The number of anilines is 1. The maximum atomic E-state index is 12.1. The Labute approximate surface area is 117 Å². The molecule has 0 unspecified atom stereocenters. The van der Waals surface area contributed by atoms with E-state index in [4.69, 9.17) is 4.74 Å². The third-order valence-electron chi connectivity index (χ3n) is 3.45. The molecular weight excluding hydrogens is 254 g/mol. The number of para-hydroxylation sites is 1. The fourth-order valence-electron chi connectivity index (χ4n) is 2.30. The number of carbonyl (C=O) groups is 1. The van der Waals surface area contributed by atoms with Crippen molar-refractivity contribution in [2.75, 3.05) is 18.5 Å². The summed E-state index contributed by atoms with van der Waals surface area (Å²) in [6.45, 7) is 1.33. The maximum absolute atomic E-state index is 12.1. The number of benzene rings is 1. The Morgan fingerprint density at radius 1 is 1.20 bits per heavy atom. The standard InChI is InChI=1S/C15H17N3O2/c19-15(12-7-10-20-11-8-12)16-14-6-9-18(17-14)13-4-2-1-3-5-13/h1-6,9,12H,7-8,10-11H2,(H,16,17,19). The Balaban J connectivity index is 1.66. The molecule has 0 atom stereocenters. The molecule has 2 heterocycles. The van der Waals surface area contributed by atoms with Crippen molar-refractivity contribution in [3.63, 3.8) is 0 Å². The first-order chi connectivity index (χ1) is 9.83. The molecule has 1 fully saturated rings. The highest BCUT2D eigenvalue weighted by atomic mass is 16.5. The molecule has 1 saturated heterocycles. The van der Waals surface area contributed by atoms with Crippen molar-refractivity contribution in [3.8, 4) is 5.69 Å². The molecule has 1 aromatic carbocycles. The zero-order chi connectivity index (χ0) is 13.8. The number of hydrogen-bond acceptors (Lipinski definition) is 3. The number of aromatic nitrogens is 2. The maximum Gasteiger partial charge on any atom is 0.228 e. The Morgan fingerprint density at radius 2 is 1.95 bits per heavy atom. The van der Waals surface area contributed by atoms with Crippen LogP contribution in [0.5, 0.6) is 0 Å². The van der Waals surface area contributed by atoms with E-state index in [1.807, 2.05) is 42.6 Å². The summed E-state index contributed by atoms with van der Waals surface area (Å²) in [6, 6.07) is 11.6. The lowest BCUT2D eigenvalue weighted by Crippen LogP contribution is -2.28. The van der Waals surface area contributed by atoms with Crippen LogP contribution in [0.4, 0.5) is 5.82 Å². The molecule has 3 rings (SSSR count). The molecule has 2 aromatic rings. The molecule has 0 aliphatic carbocycles. The van der Waals surface area contributed by atoms with Gasteiger partial charge >= 0.3 is 0 Å². The van der Waals surface area contributed by atoms with Crippen LogP contribution in [0, 0.1) is 5.92 Å². The van der Waals surface area contributed by atoms with Crippen LogP contribution in [-0.4, -0.2) is 28.9 Å². The highest BCUT2D eigenvalue weighted by molar-refractivity contribution is 5.91. The quantitative estimate of drug-likeness (QED) is 0.931. The van der Waals surface area contributed by atoms with Crippen LogP contribution in [0.1, 0.15) is 12.8 Å². The molecule has 0 saturated carbocycles. The van der Waals surface area contributed by atoms with Crippen LogP contribution in [0.25, 0.3) is 5.69 Å². The second-order valence-electron chi connectivity index (χ2n) is 4.86. The van der Waals surface area contributed by atoms with E-state index in [0.717, 1.165) is 18.5 Å². The summed E-state index contributed by atoms with van der Waals surface area (Å²) < 4.78 is 7.01. The fraction of sp³-hybridized carbons (Fsp3) is 0.333. The Morgan fingerprint density at radius 3 is 2.70 bits per heavy atom. The van der Waals surface area contributed by atoms with Crippen molar-refractivity contribution >= 4 is 11.7 Å². The van der Waals surface area contributed by atoms with E-state index in [9.17, 15) is 4.79 Å². The van der Waals surface area contributed by atoms with Gasteiger partial charge in [-0.2, -0.15) is 5.10 Å². The van der Waals surface area contributed by atoms with Gasteiger partial charge in [0, 0.05) is 31.4 Å². The largest absolute Gasteiger partial charge is 0.381 e. The molecule has 20 heavy (non-hydrogen) atoms. The minimum Gasteiger partial charge on any atom is -0.381 e. The van der Waals surface area contributed by atoms with Gasteiger partial charge in [-0.15, -0.1) is 0 Å². The van der Waals surface area contributed by atoms with Crippen molar-refractivity contribution in [1.29, 1.82) is 0 Å². The molecule has 1 N–H and O–H groups in total. The van der Waals surface area contributed by atoms with Gasteiger partial charge in [-0.25, -0.2) is 4.68 Å². The average molecular weight is 271 g/mol. The summed E-state index contributed by atoms with van der Waals surface area (Å²) >= 11 is 0. The lowest BCUT2D eigenvalue weighted by molar-refractivity contribution is -0.122. The predicted octanol–water partition coefficient (Wildman–Crippen LogP) is 2.24. The number of rotatable bonds is 3. The van der Waals surface area contributed by atoms with Crippen LogP contribution in [0.2, 0.25) is 0 Å². The number of nitrogens with one attached hydrogen (secondary N) is 1. The van der Waals surface area contributed by atoms with E-state index >= 15 is 0 Å². The van der Waals surface area contributed by atoms with Crippen molar-refractivity contribution in [2.45, 2.75) is 12.8 Å². The highest BCUT2D eigenvalue weighted by Crippen LogP contribution is 2.17. The van der Waals surface area contributed by atoms with Gasteiger partial charge in [-0.3, -0.25) is 4.79 Å². The summed E-state index contributed by atoms with van der Waals surface area (Å²) in [4.78, 5) is 12.1. The minimum atomic E-state index is 0.0330. The lowest BCUT2D eigenvalue weighted by Gasteiger charge is -2.20. The van der Waals surface area contributed by atoms with Gasteiger partial charge in [0.2, 0.25) is 5.91 Å². The predicted molar refractivity (Wildman–Crippen MR) is 75.7 cm³/mol. The molecule has 1 amide bonds. The van der Waals surface area contributed by atoms with Gasteiger partial charge in [0.05, 0.1) is 5.69 Å². The van der Waals surface area contributed by atoms with Crippen LogP contribution in [0.15, 0.2) is 42.6 Å².